The second-order valence-corrected chi connectivity index (χ2v) is 4.43. The Bertz CT molecular complexity index is 607. The van der Waals surface area contributed by atoms with Crippen molar-refractivity contribution in [3.8, 4) is 0 Å². The number of rotatable bonds is 5. The number of aromatic nitrogens is 2. The Morgan fingerprint density at radius 2 is 2.05 bits per heavy atom. The van der Waals surface area contributed by atoms with Gasteiger partial charge in [-0.2, -0.15) is 5.10 Å². The summed E-state index contributed by atoms with van der Waals surface area (Å²) in [4.78, 5) is 22.6. The van der Waals surface area contributed by atoms with Crippen LogP contribution in [0.1, 0.15) is 28.9 Å². The molecule has 1 heterocycles. The van der Waals surface area contributed by atoms with Crippen LogP contribution in [0.3, 0.4) is 0 Å². The van der Waals surface area contributed by atoms with Gasteiger partial charge in [-0.25, -0.2) is 4.79 Å². The van der Waals surface area contributed by atoms with E-state index in [1.54, 1.807) is 0 Å². The Kier molecular flexibility index (Phi) is 4.14. The highest BCUT2D eigenvalue weighted by atomic mass is 16.4. The summed E-state index contributed by atoms with van der Waals surface area (Å²) in [5.74, 6) is -1.28. The third-order valence-electron chi connectivity index (χ3n) is 2.86. The number of hydrogen-bond donors (Lipinski definition) is 2. The zero-order valence-corrected chi connectivity index (χ0v) is 11.0. The summed E-state index contributed by atoms with van der Waals surface area (Å²) < 4.78 is 1.30. The molecule has 1 atom stereocenters. The van der Waals surface area contributed by atoms with Gasteiger partial charge >= 0.3 is 5.97 Å². The molecule has 2 rings (SSSR count). The monoisotopic (exact) mass is 273 g/mol. The zero-order valence-electron chi connectivity index (χ0n) is 11.0. The van der Waals surface area contributed by atoms with E-state index in [9.17, 15) is 9.59 Å². The summed E-state index contributed by atoms with van der Waals surface area (Å²) in [6, 6.07) is 9.48. The van der Waals surface area contributed by atoms with Crippen molar-refractivity contribution < 1.29 is 14.7 Å². The fraction of sp³-hybridized carbons (Fsp3) is 0.214. The maximum absolute atomic E-state index is 11.9. The number of nitrogens with one attached hydrogen (secondary N) is 1. The second kappa shape index (κ2) is 6.01. The van der Waals surface area contributed by atoms with Crippen molar-refractivity contribution in [2.45, 2.75) is 19.5 Å². The van der Waals surface area contributed by atoms with E-state index in [2.05, 4.69) is 10.4 Å². The van der Waals surface area contributed by atoms with Crippen LogP contribution in [-0.4, -0.2) is 26.8 Å². The average molecular weight is 273 g/mol. The molecule has 20 heavy (non-hydrogen) atoms. The second-order valence-electron chi connectivity index (χ2n) is 4.43. The highest BCUT2D eigenvalue weighted by Gasteiger charge is 2.11. The molecule has 6 heteroatoms. The van der Waals surface area contributed by atoms with E-state index in [-0.39, 0.29) is 24.1 Å². The average Bonchev–Trinajstić information content (AvgIpc) is 2.88. The molecule has 0 spiro atoms. The van der Waals surface area contributed by atoms with Crippen molar-refractivity contribution >= 4 is 11.9 Å². The molecule has 0 radical (unpaired) electrons. The quantitative estimate of drug-likeness (QED) is 0.863. The molecule has 0 aliphatic rings. The van der Waals surface area contributed by atoms with E-state index >= 15 is 0 Å². The molecule has 6 nitrogen and oxygen atoms in total. The molecule has 2 aromatic rings. The Morgan fingerprint density at radius 3 is 2.65 bits per heavy atom. The van der Waals surface area contributed by atoms with E-state index < -0.39 is 5.97 Å². The van der Waals surface area contributed by atoms with Gasteiger partial charge in [0.15, 0.2) is 0 Å². The molecular formula is C14H15N3O3. The molecule has 1 aromatic carbocycles. The van der Waals surface area contributed by atoms with Gasteiger partial charge in [0.25, 0.3) is 0 Å². The molecular weight excluding hydrogens is 258 g/mol. The van der Waals surface area contributed by atoms with Crippen LogP contribution in [0.2, 0.25) is 0 Å². The van der Waals surface area contributed by atoms with Gasteiger partial charge in [-0.1, -0.05) is 30.3 Å². The van der Waals surface area contributed by atoms with Crippen LogP contribution in [0.4, 0.5) is 0 Å². The number of aromatic carboxylic acids is 1. The Labute approximate surface area is 116 Å². The first-order chi connectivity index (χ1) is 9.56. The van der Waals surface area contributed by atoms with Crippen LogP contribution < -0.4 is 5.32 Å². The molecule has 0 bridgehead atoms. The minimum atomic E-state index is -1.06. The highest BCUT2D eigenvalue weighted by molar-refractivity contribution is 5.87. The number of hydrogen-bond acceptors (Lipinski definition) is 3. The van der Waals surface area contributed by atoms with Gasteiger partial charge in [-0.3, -0.25) is 9.48 Å². The van der Waals surface area contributed by atoms with Gasteiger partial charge in [-0.15, -0.1) is 0 Å². The lowest BCUT2D eigenvalue weighted by Crippen LogP contribution is -2.30. The summed E-state index contributed by atoms with van der Waals surface area (Å²) in [5.41, 5.74) is 1.07. The van der Waals surface area contributed by atoms with E-state index in [1.165, 1.54) is 17.1 Å². The highest BCUT2D eigenvalue weighted by Crippen LogP contribution is 2.10. The van der Waals surface area contributed by atoms with Gasteiger partial charge in [0, 0.05) is 6.20 Å². The minimum absolute atomic E-state index is 0.00947. The van der Waals surface area contributed by atoms with Crippen molar-refractivity contribution in [2.75, 3.05) is 0 Å². The minimum Gasteiger partial charge on any atom is -0.478 e. The summed E-state index contributed by atoms with van der Waals surface area (Å²) >= 11 is 0. The van der Waals surface area contributed by atoms with Crippen LogP contribution in [0, 0.1) is 0 Å². The summed E-state index contributed by atoms with van der Waals surface area (Å²) in [6.07, 6.45) is 2.55. The summed E-state index contributed by atoms with van der Waals surface area (Å²) in [5, 5.41) is 15.4. The molecule has 0 unspecified atom stereocenters. The standard InChI is InChI=1S/C14H15N3O3/c1-10(11-5-3-2-4-6-11)16-13(18)9-17-8-12(7-15-17)14(19)20/h2-8,10H,9H2,1H3,(H,16,18)(H,19,20)/t10-/m0/s1. The number of carboxylic acid groups (broad SMARTS) is 1. The molecule has 0 saturated heterocycles. The van der Waals surface area contributed by atoms with Crippen LogP contribution in [-0.2, 0) is 11.3 Å². The molecule has 104 valence electrons. The van der Waals surface area contributed by atoms with Crippen LogP contribution in [0.15, 0.2) is 42.7 Å². The Hall–Kier alpha value is -2.63. The van der Waals surface area contributed by atoms with E-state index in [4.69, 9.17) is 5.11 Å². The van der Waals surface area contributed by atoms with Gasteiger partial charge < -0.3 is 10.4 Å². The number of amides is 1. The smallest absolute Gasteiger partial charge is 0.338 e. The van der Waals surface area contributed by atoms with Gasteiger partial charge in [0.1, 0.15) is 6.54 Å². The SMILES string of the molecule is C[C@H](NC(=O)Cn1cc(C(=O)O)cn1)c1ccccc1. The van der Waals surface area contributed by atoms with E-state index in [1.807, 2.05) is 37.3 Å². The van der Waals surface area contributed by atoms with Gasteiger partial charge in [0.2, 0.25) is 5.91 Å². The fourth-order valence-corrected chi connectivity index (χ4v) is 1.82. The van der Waals surface area contributed by atoms with Crippen molar-refractivity contribution in [1.29, 1.82) is 0 Å². The van der Waals surface area contributed by atoms with Gasteiger partial charge in [0.05, 0.1) is 17.8 Å². The molecule has 1 amide bonds. The first kappa shape index (κ1) is 13.8. The molecule has 0 aliphatic heterocycles. The lowest BCUT2D eigenvalue weighted by atomic mass is 10.1. The fourth-order valence-electron chi connectivity index (χ4n) is 1.82. The van der Waals surface area contributed by atoms with E-state index in [0.717, 1.165) is 5.56 Å². The molecule has 2 N–H and O–H groups in total. The molecule has 0 fully saturated rings. The van der Waals surface area contributed by atoms with E-state index in [0.29, 0.717) is 0 Å². The first-order valence-electron chi connectivity index (χ1n) is 6.16. The third-order valence-corrected chi connectivity index (χ3v) is 2.86. The molecule has 0 saturated carbocycles. The van der Waals surface area contributed by atoms with Crippen molar-refractivity contribution in [2.24, 2.45) is 0 Å². The topological polar surface area (TPSA) is 84.2 Å². The predicted molar refractivity (Wildman–Crippen MR) is 72.2 cm³/mol. The maximum atomic E-state index is 11.9. The van der Waals surface area contributed by atoms with Crippen LogP contribution in [0.25, 0.3) is 0 Å². The lowest BCUT2D eigenvalue weighted by Gasteiger charge is -2.14. The lowest BCUT2D eigenvalue weighted by molar-refractivity contribution is -0.122. The number of benzene rings is 1. The zero-order chi connectivity index (χ0) is 14.5. The summed E-state index contributed by atoms with van der Waals surface area (Å²) in [6.45, 7) is 1.88. The maximum Gasteiger partial charge on any atom is 0.338 e. The number of nitrogens with zero attached hydrogens (tertiary/aromatic N) is 2. The molecule has 0 aliphatic carbocycles. The number of carbonyl (C=O) groups is 2. The first-order valence-corrected chi connectivity index (χ1v) is 6.16. The van der Waals surface area contributed by atoms with Crippen molar-refractivity contribution in [3.05, 3.63) is 53.9 Å². The van der Waals surface area contributed by atoms with Crippen molar-refractivity contribution in [3.63, 3.8) is 0 Å². The van der Waals surface area contributed by atoms with Crippen molar-refractivity contribution in [1.82, 2.24) is 15.1 Å². The van der Waals surface area contributed by atoms with Crippen LogP contribution >= 0.6 is 0 Å². The number of carbonyl (C=O) groups excluding carboxylic acids is 1. The predicted octanol–water partition coefficient (Wildman–Crippen LogP) is 1.46. The third kappa shape index (κ3) is 3.44. The van der Waals surface area contributed by atoms with Crippen LogP contribution in [0.5, 0.6) is 0 Å². The largest absolute Gasteiger partial charge is 0.478 e. The Morgan fingerprint density at radius 1 is 1.35 bits per heavy atom. The molecule has 1 aromatic heterocycles. The number of carboxylic acids is 1. The summed E-state index contributed by atoms with van der Waals surface area (Å²) in [7, 11) is 0. The normalized spacial score (nSPS) is 11.8. The Balaban J connectivity index is 1.93. The van der Waals surface area contributed by atoms with Gasteiger partial charge in [-0.05, 0) is 12.5 Å².